The van der Waals surface area contributed by atoms with Gasteiger partial charge in [-0.2, -0.15) is 0 Å². The monoisotopic (exact) mass is 281 g/mol. The molecule has 1 heterocycles. The van der Waals surface area contributed by atoms with Crippen molar-refractivity contribution in [1.29, 1.82) is 0 Å². The van der Waals surface area contributed by atoms with Crippen LogP contribution in [0, 0.1) is 25.2 Å². The molecule has 110 valence electrons. The van der Waals surface area contributed by atoms with Gasteiger partial charge in [-0.25, -0.2) is 0 Å². The SMILES string of the molecule is CCCNC(CC(C)C(C)(C)C)c1cc(C)sc1C. The van der Waals surface area contributed by atoms with Crippen LogP contribution in [-0.4, -0.2) is 6.54 Å². The van der Waals surface area contributed by atoms with Gasteiger partial charge < -0.3 is 5.32 Å². The third-order valence-corrected chi connectivity index (χ3v) is 5.14. The molecule has 2 atom stereocenters. The van der Waals surface area contributed by atoms with Crippen LogP contribution in [0.3, 0.4) is 0 Å². The number of hydrogen-bond donors (Lipinski definition) is 1. The van der Waals surface area contributed by atoms with Gasteiger partial charge in [0.1, 0.15) is 0 Å². The molecule has 19 heavy (non-hydrogen) atoms. The van der Waals surface area contributed by atoms with Crippen LogP contribution in [0.4, 0.5) is 0 Å². The standard InChI is InChI=1S/C17H31NS/c1-8-9-18-16(10-12(2)17(5,6)7)15-11-13(3)19-14(15)4/h11-12,16,18H,8-10H2,1-7H3. The Morgan fingerprint density at radius 1 is 1.26 bits per heavy atom. The van der Waals surface area contributed by atoms with Crippen molar-refractivity contribution in [3.8, 4) is 0 Å². The van der Waals surface area contributed by atoms with E-state index in [2.05, 4.69) is 59.8 Å². The highest BCUT2D eigenvalue weighted by atomic mass is 32.1. The summed E-state index contributed by atoms with van der Waals surface area (Å²) in [4.78, 5) is 2.91. The van der Waals surface area contributed by atoms with Gasteiger partial charge in [0.25, 0.3) is 0 Å². The van der Waals surface area contributed by atoms with Crippen molar-refractivity contribution in [3.63, 3.8) is 0 Å². The zero-order chi connectivity index (χ0) is 14.6. The van der Waals surface area contributed by atoms with E-state index in [4.69, 9.17) is 0 Å². The molecule has 0 saturated heterocycles. The molecule has 0 radical (unpaired) electrons. The molecule has 2 heteroatoms. The maximum absolute atomic E-state index is 3.75. The lowest BCUT2D eigenvalue weighted by Gasteiger charge is -2.31. The Hall–Kier alpha value is -0.340. The molecule has 1 aromatic heterocycles. The molecule has 0 bridgehead atoms. The Morgan fingerprint density at radius 2 is 1.89 bits per heavy atom. The largest absolute Gasteiger partial charge is 0.310 e. The Morgan fingerprint density at radius 3 is 2.32 bits per heavy atom. The molecule has 0 saturated carbocycles. The highest BCUT2D eigenvalue weighted by Crippen LogP contribution is 2.36. The van der Waals surface area contributed by atoms with E-state index in [-0.39, 0.29) is 0 Å². The van der Waals surface area contributed by atoms with Crippen LogP contribution < -0.4 is 5.32 Å². The summed E-state index contributed by atoms with van der Waals surface area (Å²) in [6.07, 6.45) is 2.42. The fourth-order valence-corrected chi connectivity index (χ4v) is 3.33. The Balaban J connectivity index is 2.86. The lowest BCUT2D eigenvalue weighted by molar-refractivity contribution is 0.223. The molecule has 1 rings (SSSR count). The van der Waals surface area contributed by atoms with E-state index in [0.717, 1.165) is 6.54 Å². The molecular formula is C17H31NS. The minimum Gasteiger partial charge on any atom is -0.310 e. The fourth-order valence-electron chi connectivity index (χ4n) is 2.34. The summed E-state index contributed by atoms with van der Waals surface area (Å²) in [6, 6.07) is 2.89. The average molecular weight is 282 g/mol. The van der Waals surface area contributed by atoms with Crippen molar-refractivity contribution in [2.45, 2.75) is 67.3 Å². The smallest absolute Gasteiger partial charge is 0.0333 e. The first-order valence-corrected chi connectivity index (χ1v) is 8.37. The molecule has 0 aliphatic heterocycles. The number of thiophene rings is 1. The molecule has 0 aromatic carbocycles. The van der Waals surface area contributed by atoms with E-state index < -0.39 is 0 Å². The summed E-state index contributed by atoms with van der Waals surface area (Å²) in [5.74, 6) is 0.710. The number of rotatable bonds is 6. The first-order chi connectivity index (χ1) is 8.75. The van der Waals surface area contributed by atoms with Crippen molar-refractivity contribution in [1.82, 2.24) is 5.32 Å². The lowest BCUT2D eigenvalue weighted by Crippen LogP contribution is -2.28. The zero-order valence-electron chi connectivity index (χ0n) is 13.8. The van der Waals surface area contributed by atoms with Crippen LogP contribution in [0.15, 0.2) is 6.07 Å². The van der Waals surface area contributed by atoms with Gasteiger partial charge in [0.15, 0.2) is 0 Å². The summed E-state index contributed by atoms with van der Waals surface area (Å²) in [6.45, 7) is 17.2. The third kappa shape index (κ3) is 4.92. The first kappa shape index (κ1) is 16.7. The summed E-state index contributed by atoms with van der Waals surface area (Å²) in [5, 5.41) is 3.75. The Labute approximate surface area is 123 Å². The summed E-state index contributed by atoms with van der Waals surface area (Å²) in [7, 11) is 0. The van der Waals surface area contributed by atoms with Crippen molar-refractivity contribution in [3.05, 3.63) is 21.4 Å². The van der Waals surface area contributed by atoms with Crippen molar-refractivity contribution >= 4 is 11.3 Å². The third-order valence-electron chi connectivity index (χ3n) is 4.16. The number of hydrogen-bond acceptors (Lipinski definition) is 2. The van der Waals surface area contributed by atoms with E-state index in [1.54, 1.807) is 0 Å². The van der Waals surface area contributed by atoms with Gasteiger partial charge in [-0.05, 0) is 56.2 Å². The van der Waals surface area contributed by atoms with E-state index in [1.807, 2.05) is 11.3 Å². The first-order valence-electron chi connectivity index (χ1n) is 7.56. The molecule has 1 nitrogen and oxygen atoms in total. The summed E-state index contributed by atoms with van der Waals surface area (Å²) in [5.41, 5.74) is 1.90. The van der Waals surface area contributed by atoms with Gasteiger partial charge in [-0.15, -0.1) is 11.3 Å². The van der Waals surface area contributed by atoms with Gasteiger partial charge in [0, 0.05) is 15.8 Å². The summed E-state index contributed by atoms with van der Waals surface area (Å²) < 4.78 is 0. The minimum absolute atomic E-state index is 0.380. The van der Waals surface area contributed by atoms with Crippen molar-refractivity contribution in [2.24, 2.45) is 11.3 Å². The molecule has 1 N–H and O–H groups in total. The molecule has 0 fully saturated rings. The normalized spacial score (nSPS) is 15.5. The maximum atomic E-state index is 3.75. The maximum Gasteiger partial charge on any atom is 0.0333 e. The number of nitrogens with one attached hydrogen (secondary N) is 1. The molecule has 0 spiro atoms. The topological polar surface area (TPSA) is 12.0 Å². The average Bonchev–Trinajstić information content (AvgIpc) is 2.62. The Bertz CT molecular complexity index is 386. The van der Waals surface area contributed by atoms with Crippen molar-refractivity contribution in [2.75, 3.05) is 6.54 Å². The van der Waals surface area contributed by atoms with Crippen LogP contribution >= 0.6 is 11.3 Å². The van der Waals surface area contributed by atoms with Gasteiger partial charge in [0.2, 0.25) is 0 Å². The molecule has 2 unspecified atom stereocenters. The molecule has 0 aliphatic rings. The van der Waals surface area contributed by atoms with Gasteiger partial charge in [-0.3, -0.25) is 0 Å². The minimum atomic E-state index is 0.380. The molecular weight excluding hydrogens is 250 g/mol. The summed E-state index contributed by atoms with van der Waals surface area (Å²) >= 11 is 1.93. The van der Waals surface area contributed by atoms with E-state index in [0.29, 0.717) is 17.4 Å². The molecule has 0 aliphatic carbocycles. The predicted octanol–water partition coefficient (Wildman–Crippen LogP) is 5.48. The Kier molecular flexibility index (Phi) is 6.07. The van der Waals surface area contributed by atoms with Crippen molar-refractivity contribution < 1.29 is 0 Å². The predicted molar refractivity (Wildman–Crippen MR) is 88.1 cm³/mol. The second-order valence-corrected chi connectivity index (χ2v) is 8.34. The van der Waals surface area contributed by atoms with Crippen LogP contribution in [0.25, 0.3) is 0 Å². The van der Waals surface area contributed by atoms with E-state index >= 15 is 0 Å². The van der Waals surface area contributed by atoms with Gasteiger partial charge in [0.05, 0.1) is 0 Å². The molecule has 1 aromatic rings. The second kappa shape index (κ2) is 6.90. The quantitative estimate of drug-likeness (QED) is 0.728. The van der Waals surface area contributed by atoms with Crippen LogP contribution in [0.2, 0.25) is 0 Å². The highest BCUT2D eigenvalue weighted by molar-refractivity contribution is 7.12. The zero-order valence-corrected chi connectivity index (χ0v) is 14.6. The van der Waals surface area contributed by atoms with Gasteiger partial charge in [-0.1, -0.05) is 34.6 Å². The van der Waals surface area contributed by atoms with Crippen LogP contribution in [0.1, 0.15) is 68.8 Å². The highest BCUT2D eigenvalue weighted by Gasteiger charge is 2.25. The van der Waals surface area contributed by atoms with Crippen LogP contribution in [0.5, 0.6) is 0 Å². The molecule has 0 amide bonds. The lowest BCUT2D eigenvalue weighted by atomic mass is 9.77. The second-order valence-electron chi connectivity index (χ2n) is 6.88. The van der Waals surface area contributed by atoms with Crippen LogP contribution in [-0.2, 0) is 0 Å². The van der Waals surface area contributed by atoms with E-state index in [9.17, 15) is 0 Å². The van der Waals surface area contributed by atoms with E-state index in [1.165, 1.54) is 28.2 Å². The number of aryl methyl sites for hydroxylation is 2. The fraction of sp³-hybridized carbons (Fsp3) is 0.765. The van der Waals surface area contributed by atoms with Gasteiger partial charge >= 0.3 is 0 Å².